The summed E-state index contributed by atoms with van der Waals surface area (Å²) in [6, 6.07) is 4.94. The predicted molar refractivity (Wildman–Crippen MR) is 103 cm³/mol. The molecule has 0 bridgehead atoms. The highest BCUT2D eigenvalue weighted by atomic mass is 19.4. The number of hydrogen-bond donors (Lipinski definition) is 3. The van der Waals surface area contributed by atoms with Gasteiger partial charge in [-0.1, -0.05) is 12.1 Å². The molecule has 1 heterocycles. The Labute approximate surface area is 176 Å². The highest BCUT2D eigenvalue weighted by Gasteiger charge is 2.39. The van der Waals surface area contributed by atoms with E-state index >= 15 is 0 Å². The molecule has 3 rings (SSSR count). The molecule has 1 aromatic rings. The van der Waals surface area contributed by atoms with Gasteiger partial charge in [0.1, 0.15) is 5.84 Å². The van der Waals surface area contributed by atoms with Crippen LogP contribution in [0.3, 0.4) is 0 Å². The summed E-state index contributed by atoms with van der Waals surface area (Å²) in [6.07, 6.45) is -2.43. The molecule has 2 aliphatic rings. The topological polar surface area (TPSA) is 112 Å². The van der Waals surface area contributed by atoms with Crippen LogP contribution in [0.25, 0.3) is 0 Å². The van der Waals surface area contributed by atoms with Gasteiger partial charge in [0, 0.05) is 30.6 Å². The number of nitrogens with zero attached hydrogens (tertiary/aromatic N) is 1. The molecular weight excluding hydrogens is 417 g/mol. The zero-order chi connectivity index (χ0) is 22.6. The fraction of sp³-hybridized carbons (Fsp3) is 0.500. The number of benzene rings is 1. The lowest BCUT2D eigenvalue weighted by Gasteiger charge is -2.35. The van der Waals surface area contributed by atoms with Gasteiger partial charge in [0.05, 0.1) is 19.3 Å². The van der Waals surface area contributed by atoms with Crippen LogP contribution in [0.5, 0.6) is 0 Å². The molecule has 1 aromatic carbocycles. The lowest BCUT2D eigenvalue weighted by Crippen LogP contribution is -2.53. The second kappa shape index (κ2) is 9.46. The number of ether oxygens (including phenoxy) is 1. The molecule has 0 spiro atoms. The van der Waals surface area contributed by atoms with Gasteiger partial charge in [-0.15, -0.1) is 0 Å². The van der Waals surface area contributed by atoms with Crippen molar-refractivity contribution < 1.29 is 32.3 Å². The minimum Gasteiger partial charge on any atom is -0.377 e. The quantitative estimate of drug-likeness (QED) is 0.459. The fourth-order valence-electron chi connectivity index (χ4n) is 3.20. The number of rotatable bonds is 6. The predicted octanol–water partition coefficient (Wildman–Crippen LogP) is 1.45. The molecule has 3 N–H and O–H groups in total. The third-order valence-electron chi connectivity index (χ3n) is 5.14. The van der Waals surface area contributed by atoms with Gasteiger partial charge in [-0.2, -0.15) is 13.2 Å². The van der Waals surface area contributed by atoms with E-state index in [4.69, 9.17) is 10.1 Å². The second-order valence-corrected chi connectivity index (χ2v) is 7.58. The van der Waals surface area contributed by atoms with E-state index in [2.05, 4.69) is 5.32 Å². The van der Waals surface area contributed by atoms with Gasteiger partial charge in [0.15, 0.2) is 0 Å². The lowest BCUT2D eigenvalue weighted by molar-refractivity contribution is -0.171. The largest absolute Gasteiger partial charge is 0.471 e. The highest BCUT2D eigenvalue weighted by Crippen LogP contribution is 2.33. The first kappa shape index (κ1) is 22.7. The van der Waals surface area contributed by atoms with Crippen LogP contribution in [-0.2, 0) is 14.3 Å². The third-order valence-corrected chi connectivity index (χ3v) is 5.14. The number of morpholine rings is 1. The molecule has 1 aliphatic heterocycles. The van der Waals surface area contributed by atoms with Gasteiger partial charge < -0.3 is 20.3 Å². The Bertz CT molecular complexity index is 853. The van der Waals surface area contributed by atoms with Crippen molar-refractivity contribution in [3.8, 4) is 0 Å². The van der Waals surface area contributed by atoms with E-state index in [9.17, 15) is 27.6 Å². The van der Waals surface area contributed by atoms with Crippen LogP contribution in [0.2, 0.25) is 0 Å². The molecule has 8 nitrogen and oxygen atoms in total. The van der Waals surface area contributed by atoms with Gasteiger partial charge >= 0.3 is 12.1 Å². The first-order valence-corrected chi connectivity index (χ1v) is 9.87. The van der Waals surface area contributed by atoms with E-state index in [1.165, 1.54) is 29.6 Å². The molecule has 31 heavy (non-hydrogen) atoms. The van der Waals surface area contributed by atoms with Gasteiger partial charge in [-0.3, -0.25) is 19.8 Å². The summed E-state index contributed by atoms with van der Waals surface area (Å²) in [5.74, 6) is -2.87. The Morgan fingerprint density at radius 3 is 2.39 bits per heavy atom. The minimum atomic E-state index is -5.09. The molecule has 1 atom stereocenters. The number of carbonyl (C=O) groups is 3. The van der Waals surface area contributed by atoms with E-state index in [0.717, 1.165) is 12.8 Å². The summed E-state index contributed by atoms with van der Waals surface area (Å²) >= 11 is 0. The minimum absolute atomic E-state index is 0.0201. The maximum absolute atomic E-state index is 12.5. The molecule has 11 heteroatoms. The average Bonchev–Trinajstić information content (AvgIpc) is 3.55. The Morgan fingerprint density at radius 1 is 1.13 bits per heavy atom. The van der Waals surface area contributed by atoms with Gasteiger partial charge in [-0.25, -0.2) is 0 Å². The zero-order valence-electron chi connectivity index (χ0n) is 16.6. The second-order valence-electron chi connectivity index (χ2n) is 7.58. The maximum atomic E-state index is 12.5. The standard InChI is InChI=1S/C20H23F3N4O4/c21-20(22,23)19(30)26-17(24)13-3-5-14(6-4-13)18(29)25-10-15-11-31-8-7-27(15)16(28)9-12-1-2-12/h3-6,12,15H,1-2,7-11H2,(H,25,29)(H2,24,26,30). The van der Waals surface area contributed by atoms with Crippen LogP contribution in [0, 0.1) is 11.3 Å². The maximum Gasteiger partial charge on any atom is 0.471 e. The summed E-state index contributed by atoms with van der Waals surface area (Å²) in [5.41, 5.74) is 0.248. The van der Waals surface area contributed by atoms with Crippen molar-refractivity contribution in [3.05, 3.63) is 35.4 Å². The molecule has 2 fully saturated rings. The number of nitrogens with one attached hydrogen (secondary N) is 3. The Balaban J connectivity index is 1.53. The monoisotopic (exact) mass is 440 g/mol. The smallest absolute Gasteiger partial charge is 0.377 e. The van der Waals surface area contributed by atoms with Crippen LogP contribution < -0.4 is 10.6 Å². The Morgan fingerprint density at radius 2 is 1.77 bits per heavy atom. The van der Waals surface area contributed by atoms with Crippen molar-refractivity contribution in [1.82, 2.24) is 15.5 Å². The van der Waals surface area contributed by atoms with Crippen LogP contribution >= 0.6 is 0 Å². The Kier molecular flexibility index (Phi) is 6.94. The van der Waals surface area contributed by atoms with E-state index < -0.39 is 23.8 Å². The van der Waals surface area contributed by atoms with Crippen molar-refractivity contribution in [2.45, 2.75) is 31.5 Å². The summed E-state index contributed by atoms with van der Waals surface area (Å²) in [6.45, 7) is 1.46. The Hall–Kier alpha value is -2.95. The van der Waals surface area contributed by atoms with Gasteiger partial charge in [0.2, 0.25) is 5.91 Å². The van der Waals surface area contributed by atoms with Crippen LogP contribution in [0.4, 0.5) is 13.2 Å². The van der Waals surface area contributed by atoms with Crippen molar-refractivity contribution in [2.24, 2.45) is 5.92 Å². The number of amides is 3. The summed E-state index contributed by atoms with van der Waals surface area (Å²) < 4.78 is 42.3. The van der Waals surface area contributed by atoms with E-state index in [1.54, 1.807) is 4.90 Å². The van der Waals surface area contributed by atoms with E-state index in [1.807, 2.05) is 0 Å². The molecular formula is C20H23F3N4O4. The third kappa shape index (κ3) is 6.27. The number of hydrogen-bond acceptors (Lipinski definition) is 5. The summed E-state index contributed by atoms with van der Waals surface area (Å²) in [4.78, 5) is 37.5. The van der Waals surface area contributed by atoms with Crippen molar-refractivity contribution in [2.75, 3.05) is 26.3 Å². The average molecular weight is 440 g/mol. The lowest BCUT2D eigenvalue weighted by atomic mass is 10.1. The molecule has 3 amide bonds. The van der Waals surface area contributed by atoms with Gasteiger partial charge in [0.25, 0.3) is 5.91 Å². The first-order chi connectivity index (χ1) is 14.6. The van der Waals surface area contributed by atoms with Crippen LogP contribution in [0.1, 0.15) is 35.2 Å². The number of halogens is 3. The van der Waals surface area contributed by atoms with Gasteiger partial charge in [-0.05, 0) is 30.9 Å². The number of carbonyl (C=O) groups excluding carboxylic acids is 3. The zero-order valence-corrected chi connectivity index (χ0v) is 16.6. The SMILES string of the molecule is N=C(NC(=O)C(F)(F)F)c1ccc(C(=O)NCC2COCCN2C(=O)CC2CC2)cc1. The van der Waals surface area contributed by atoms with E-state index in [0.29, 0.717) is 32.1 Å². The number of alkyl halides is 3. The fourth-order valence-corrected chi connectivity index (χ4v) is 3.20. The molecule has 0 radical (unpaired) electrons. The number of amidine groups is 1. The van der Waals surface area contributed by atoms with Crippen molar-refractivity contribution in [1.29, 1.82) is 5.41 Å². The molecule has 1 unspecified atom stereocenters. The highest BCUT2D eigenvalue weighted by molar-refractivity contribution is 6.08. The first-order valence-electron chi connectivity index (χ1n) is 9.87. The molecule has 1 saturated heterocycles. The normalized spacial score (nSPS) is 18.9. The van der Waals surface area contributed by atoms with E-state index in [-0.39, 0.29) is 29.6 Å². The molecule has 1 saturated carbocycles. The summed E-state index contributed by atoms with van der Waals surface area (Å²) in [7, 11) is 0. The molecule has 1 aliphatic carbocycles. The van der Waals surface area contributed by atoms with Crippen molar-refractivity contribution in [3.63, 3.8) is 0 Å². The van der Waals surface area contributed by atoms with Crippen molar-refractivity contribution >= 4 is 23.6 Å². The molecule has 0 aromatic heterocycles. The summed E-state index contributed by atoms with van der Waals surface area (Å²) in [5, 5.41) is 11.8. The van der Waals surface area contributed by atoms with Crippen LogP contribution in [0.15, 0.2) is 24.3 Å². The molecule has 168 valence electrons. The van der Waals surface area contributed by atoms with Crippen LogP contribution in [-0.4, -0.2) is 67.0 Å².